The SMILES string of the molecule is CC[C@H](C)[C@@H]([C@@H](CC(=O)N1CCC[C@H]1[C@H](OC)[C@@H](C)C(=O)N(C)CCc1cccc([N+](=O)[O-])c1)OC)N(C)C(=O)[C@@H](C(C)C)C(N)C(C)(C)N(C)C. The summed E-state index contributed by atoms with van der Waals surface area (Å²) in [5.41, 5.74) is 7.21. The van der Waals surface area contributed by atoms with Crippen LogP contribution in [0.3, 0.4) is 0 Å². The topological polar surface area (TPSA) is 152 Å². The van der Waals surface area contributed by atoms with E-state index in [2.05, 4.69) is 32.6 Å². The molecule has 0 spiro atoms. The van der Waals surface area contributed by atoms with Gasteiger partial charge in [-0.05, 0) is 64.6 Å². The van der Waals surface area contributed by atoms with Gasteiger partial charge >= 0.3 is 0 Å². The third-order valence-corrected chi connectivity index (χ3v) is 11.8. The molecule has 0 saturated carbocycles. The number of nitro benzene ring substituents is 1. The van der Waals surface area contributed by atoms with Gasteiger partial charge in [0.25, 0.3) is 5.69 Å². The number of amides is 3. The van der Waals surface area contributed by atoms with E-state index in [-0.39, 0.29) is 53.7 Å². The number of ether oxygens (including phenoxy) is 2. The van der Waals surface area contributed by atoms with Crippen LogP contribution in [0.2, 0.25) is 0 Å². The largest absolute Gasteiger partial charge is 0.379 e. The number of nitrogens with two attached hydrogens (primary N) is 1. The molecule has 0 aliphatic carbocycles. The highest BCUT2D eigenvalue weighted by Crippen LogP contribution is 2.32. The molecule has 1 unspecified atom stereocenters. The van der Waals surface area contributed by atoms with E-state index in [0.717, 1.165) is 18.4 Å². The van der Waals surface area contributed by atoms with Crippen molar-refractivity contribution in [3.05, 3.63) is 39.9 Å². The maximum atomic E-state index is 14.4. The summed E-state index contributed by atoms with van der Waals surface area (Å²) in [7, 11) is 10.6. The Hall–Kier alpha value is -3.13. The lowest BCUT2D eigenvalue weighted by atomic mass is 9.77. The minimum Gasteiger partial charge on any atom is -0.379 e. The lowest BCUT2D eigenvalue weighted by molar-refractivity contribution is -0.384. The number of methoxy groups -OCH3 is 2. The molecule has 0 bridgehead atoms. The first kappa shape index (κ1) is 45.0. The van der Waals surface area contributed by atoms with Crippen LogP contribution in [0.4, 0.5) is 5.69 Å². The van der Waals surface area contributed by atoms with Crippen LogP contribution in [0, 0.1) is 33.8 Å². The predicted molar refractivity (Wildman–Crippen MR) is 205 cm³/mol. The van der Waals surface area contributed by atoms with Crippen molar-refractivity contribution in [3.63, 3.8) is 0 Å². The van der Waals surface area contributed by atoms with Gasteiger partial charge in [0.1, 0.15) is 0 Å². The monoisotopic (exact) mass is 733 g/mol. The molecule has 52 heavy (non-hydrogen) atoms. The number of carbonyl (C=O) groups excluding carboxylic acids is 3. The van der Waals surface area contributed by atoms with E-state index in [1.165, 1.54) is 12.1 Å². The van der Waals surface area contributed by atoms with Gasteiger partial charge in [0.15, 0.2) is 0 Å². The fraction of sp³-hybridized carbons (Fsp3) is 0.769. The van der Waals surface area contributed by atoms with Gasteiger partial charge < -0.3 is 34.8 Å². The van der Waals surface area contributed by atoms with Gasteiger partial charge in [0, 0.05) is 65.1 Å². The quantitative estimate of drug-likeness (QED) is 0.151. The second kappa shape index (κ2) is 19.8. The van der Waals surface area contributed by atoms with Crippen LogP contribution in [-0.2, 0) is 30.3 Å². The average Bonchev–Trinajstić information content (AvgIpc) is 3.59. The van der Waals surface area contributed by atoms with Crippen LogP contribution in [0.15, 0.2) is 24.3 Å². The van der Waals surface area contributed by atoms with Gasteiger partial charge in [0.2, 0.25) is 17.7 Å². The number of nitrogens with zero attached hydrogens (tertiary/aromatic N) is 5. The molecule has 1 fully saturated rings. The molecule has 3 amide bonds. The van der Waals surface area contributed by atoms with Crippen molar-refractivity contribution in [2.24, 2.45) is 29.4 Å². The van der Waals surface area contributed by atoms with Crippen molar-refractivity contribution >= 4 is 23.4 Å². The lowest BCUT2D eigenvalue weighted by Crippen LogP contribution is -2.62. The summed E-state index contributed by atoms with van der Waals surface area (Å²) < 4.78 is 12.0. The number of hydrogen-bond acceptors (Lipinski definition) is 9. The zero-order chi connectivity index (χ0) is 39.7. The third kappa shape index (κ3) is 10.7. The molecule has 1 heterocycles. The second-order valence-corrected chi connectivity index (χ2v) is 15.9. The number of likely N-dealkylation sites (N-methyl/N-ethyl adjacent to an activating group) is 3. The molecule has 0 radical (unpaired) electrons. The fourth-order valence-corrected chi connectivity index (χ4v) is 7.70. The Morgan fingerprint density at radius 1 is 1.06 bits per heavy atom. The van der Waals surface area contributed by atoms with E-state index in [0.29, 0.717) is 25.9 Å². The molecule has 13 heteroatoms. The van der Waals surface area contributed by atoms with Crippen molar-refractivity contribution in [2.75, 3.05) is 55.5 Å². The van der Waals surface area contributed by atoms with E-state index < -0.39 is 40.5 Å². The highest BCUT2D eigenvalue weighted by molar-refractivity contribution is 5.81. The van der Waals surface area contributed by atoms with Gasteiger partial charge in [0.05, 0.1) is 47.5 Å². The summed E-state index contributed by atoms with van der Waals surface area (Å²) in [5, 5.41) is 11.2. The van der Waals surface area contributed by atoms with Crippen LogP contribution in [-0.4, -0.2) is 134 Å². The number of likely N-dealkylation sites (tertiary alicyclic amines) is 1. The Labute approximate surface area is 312 Å². The maximum absolute atomic E-state index is 14.4. The van der Waals surface area contributed by atoms with Crippen molar-refractivity contribution < 1.29 is 28.8 Å². The van der Waals surface area contributed by atoms with Gasteiger partial charge in [-0.1, -0.05) is 53.2 Å². The predicted octanol–water partition coefficient (Wildman–Crippen LogP) is 4.46. The number of benzene rings is 1. The summed E-state index contributed by atoms with van der Waals surface area (Å²) in [6, 6.07) is 5.31. The highest BCUT2D eigenvalue weighted by Gasteiger charge is 2.45. The first-order valence-corrected chi connectivity index (χ1v) is 18.8. The summed E-state index contributed by atoms with van der Waals surface area (Å²) in [4.78, 5) is 60.2. The van der Waals surface area contributed by atoms with E-state index in [9.17, 15) is 24.5 Å². The molecule has 1 aromatic carbocycles. The van der Waals surface area contributed by atoms with Crippen LogP contribution in [0.5, 0.6) is 0 Å². The van der Waals surface area contributed by atoms with E-state index >= 15 is 0 Å². The second-order valence-electron chi connectivity index (χ2n) is 15.9. The van der Waals surface area contributed by atoms with Gasteiger partial charge in [-0.2, -0.15) is 0 Å². The summed E-state index contributed by atoms with van der Waals surface area (Å²) in [5.74, 6) is -1.25. The molecule has 13 nitrogen and oxygen atoms in total. The summed E-state index contributed by atoms with van der Waals surface area (Å²) in [6.45, 7) is 15.1. The molecule has 2 N–H and O–H groups in total. The molecule has 2 rings (SSSR count). The Morgan fingerprint density at radius 2 is 1.69 bits per heavy atom. The standard InChI is InChI=1S/C39H68N6O7/c1-14-26(4)34(43(11)38(48)33(25(2)3)36(40)39(6,7)41(8)9)31(51-12)24-32(46)44-21-16-19-30(44)35(52-13)27(5)37(47)42(10)22-20-28-17-15-18-29(23-28)45(49)50/h15,17-18,23,25-27,30-31,33-36H,14,16,19-22,24,40H2,1-13H3/t26-,27+,30-,31+,33-,34-,35+,36?/m0/s1. The Morgan fingerprint density at radius 3 is 2.21 bits per heavy atom. The number of nitro groups is 1. The first-order valence-electron chi connectivity index (χ1n) is 18.8. The number of non-ortho nitro benzene ring substituents is 1. The summed E-state index contributed by atoms with van der Waals surface area (Å²) >= 11 is 0. The van der Waals surface area contributed by atoms with Crippen LogP contribution in [0.1, 0.15) is 79.7 Å². The van der Waals surface area contributed by atoms with Crippen LogP contribution < -0.4 is 5.73 Å². The highest BCUT2D eigenvalue weighted by atomic mass is 16.6. The summed E-state index contributed by atoms with van der Waals surface area (Å²) in [6.07, 6.45) is 1.69. The molecular formula is C39H68N6O7. The first-order chi connectivity index (χ1) is 24.3. The fourth-order valence-electron chi connectivity index (χ4n) is 7.70. The van der Waals surface area contributed by atoms with Gasteiger partial charge in [-0.15, -0.1) is 0 Å². The Balaban J connectivity index is 2.26. The van der Waals surface area contributed by atoms with E-state index in [1.807, 2.05) is 52.9 Å². The Bertz CT molecular complexity index is 1340. The maximum Gasteiger partial charge on any atom is 0.269 e. The van der Waals surface area contributed by atoms with E-state index in [1.54, 1.807) is 37.1 Å². The van der Waals surface area contributed by atoms with Gasteiger partial charge in [-0.3, -0.25) is 24.5 Å². The van der Waals surface area contributed by atoms with E-state index in [4.69, 9.17) is 15.2 Å². The minimum absolute atomic E-state index is 0.00996. The van der Waals surface area contributed by atoms with Crippen molar-refractivity contribution in [2.45, 2.75) is 116 Å². The smallest absolute Gasteiger partial charge is 0.269 e. The normalized spacial score (nSPS) is 19.2. The van der Waals surface area contributed by atoms with Crippen LogP contribution >= 0.6 is 0 Å². The number of rotatable bonds is 20. The molecule has 1 aliphatic rings. The average molecular weight is 733 g/mol. The zero-order valence-electron chi connectivity index (χ0n) is 34.1. The lowest BCUT2D eigenvalue weighted by Gasteiger charge is -2.46. The molecule has 1 aliphatic heterocycles. The number of hydrogen-bond donors (Lipinski definition) is 1. The molecular weight excluding hydrogens is 664 g/mol. The molecule has 8 atom stereocenters. The molecule has 0 aromatic heterocycles. The van der Waals surface area contributed by atoms with Crippen LogP contribution in [0.25, 0.3) is 0 Å². The van der Waals surface area contributed by atoms with Crippen molar-refractivity contribution in [3.8, 4) is 0 Å². The zero-order valence-corrected chi connectivity index (χ0v) is 34.1. The minimum atomic E-state index is -0.566. The molecule has 1 aromatic rings. The molecule has 1 saturated heterocycles. The van der Waals surface area contributed by atoms with Gasteiger partial charge in [-0.25, -0.2) is 0 Å². The Kier molecular flexibility index (Phi) is 17.1. The third-order valence-electron chi connectivity index (χ3n) is 11.8. The molecule has 296 valence electrons. The van der Waals surface area contributed by atoms with Crippen molar-refractivity contribution in [1.29, 1.82) is 0 Å². The van der Waals surface area contributed by atoms with Crippen molar-refractivity contribution in [1.82, 2.24) is 19.6 Å². The number of carbonyl (C=O) groups is 3.